The van der Waals surface area contributed by atoms with Crippen LogP contribution in [0, 0.1) is 0 Å². The summed E-state index contributed by atoms with van der Waals surface area (Å²) in [4.78, 5) is 4.81. The van der Waals surface area contributed by atoms with Gasteiger partial charge in [0.25, 0.3) is 0 Å². The van der Waals surface area contributed by atoms with Crippen LogP contribution in [0.25, 0.3) is 0 Å². The van der Waals surface area contributed by atoms with E-state index in [1.807, 2.05) is 0 Å². The normalized spacial score (nSPS) is 17.8. The van der Waals surface area contributed by atoms with Gasteiger partial charge in [0.2, 0.25) is 10.0 Å². The lowest BCUT2D eigenvalue weighted by atomic mass is 10.3. The van der Waals surface area contributed by atoms with Crippen LogP contribution in [0.2, 0.25) is 0 Å². The van der Waals surface area contributed by atoms with E-state index in [1.54, 1.807) is 17.0 Å². The van der Waals surface area contributed by atoms with Crippen LogP contribution < -0.4 is 4.90 Å². The highest BCUT2D eigenvalue weighted by Crippen LogP contribution is 2.39. The van der Waals surface area contributed by atoms with Gasteiger partial charge in [-0.2, -0.15) is 26.2 Å². The minimum atomic E-state index is -4.43. The monoisotopic (exact) mass is 435 g/mol. The molecule has 144 valence electrons. The highest BCUT2D eigenvalue weighted by molar-refractivity contribution is 7.89. The summed E-state index contributed by atoms with van der Waals surface area (Å²) in [6, 6.07) is 4.79. The Morgan fingerprint density at radius 1 is 1.07 bits per heavy atom. The van der Waals surface area contributed by atoms with E-state index in [0.29, 0.717) is 22.7 Å². The van der Waals surface area contributed by atoms with Crippen molar-refractivity contribution in [1.82, 2.24) is 9.29 Å². The summed E-state index contributed by atoms with van der Waals surface area (Å²) in [5, 5.41) is 0.241. The van der Waals surface area contributed by atoms with Gasteiger partial charge in [0, 0.05) is 26.2 Å². The highest BCUT2D eigenvalue weighted by atomic mass is 32.2. The van der Waals surface area contributed by atoms with Gasteiger partial charge in [-0.3, -0.25) is 0 Å². The van der Waals surface area contributed by atoms with E-state index in [-0.39, 0.29) is 36.2 Å². The van der Waals surface area contributed by atoms with Crippen molar-refractivity contribution >= 4 is 49.2 Å². The molecule has 0 radical (unpaired) electrons. The molecule has 0 amide bonds. The number of halogens is 3. The Morgan fingerprint density at radius 2 is 1.81 bits per heavy atom. The maximum absolute atomic E-state index is 13.0. The molecule has 0 saturated carbocycles. The van der Waals surface area contributed by atoms with Crippen molar-refractivity contribution in [3.05, 3.63) is 29.3 Å². The second-order valence-electron chi connectivity index (χ2n) is 5.78. The number of sulfonamides is 1. The number of hydrogen-bond donors (Lipinski definition) is 0. The number of piperazine rings is 1. The predicted molar refractivity (Wildman–Crippen MR) is 96.1 cm³/mol. The molecule has 4 rings (SSSR count). The Kier molecular flexibility index (Phi) is 4.56. The molecule has 0 bridgehead atoms. The topological polar surface area (TPSA) is 78.2 Å². The largest absolute Gasteiger partial charge is 0.427 e. The molecule has 0 N–H and O–H groups in total. The Hall–Kier alpha value is -1.83. The lowest BCUT2D eigenvalue weighted by molar-refractivity contribution is -0.134. The Balaban J connectivity index is 1.50. The van der Waals surface area contributed by atoms with E-state index in [2.05, 4.69) is 13.7 Å². The molecule has 0 spiro atoms. The number of anilines is 1. The van der Waals surface area contributed by atoms with E-state index in [0.717, 1.165) is 17.6 Å². The molecular weight excluding hydrogens is 423 g/mol. The third-order valence-electron chi connectivity index (χ3n) is 4.15. The molecule has 27 heavy (non-hydrogen) atoms. The van der Waals surface area contributed by atoms with Crippen molar-refractivity contribution in [2.45, 2.75) is 11.1 Å². The maximum atomic E-state index is 13.0. The second kappa shape index (κ2) is 6.65. The van der Waals surface area contributed by atoms with Gasteiger partial charge in [0.1, 0.15) is 21.1 Å². The molecule has 2 aliphatic heterocycles. The number of nitrogens with zero attached hydrogens (tertiary/aromatic N) is 5. The average Bonchev–Trinajstić information content (AvgIpc) is 3.30. The first-order valence-corrected chi connectivity index (χ1v) is 10.7. The molecule has 0 atom stereocenters. The Bertz CT molecular complexity index is 1050. The van der Waals surface area contributed by atoms with E-state index in [4.69, 9.17) is 0 Å². The van der Waals surface area contributed by atoms with Gasteiger partial charge in [-0.1, -0.05) is 17.4 Å². The number of aromatic nitrogens is 1. The number of rotatable bonds is 3. The lowest BCUT2D eigenvalue weighted by Gasteiger charge is -2.33. The second-order valence-corrected chi connectivity index (χ2v) is 9.23. The summed E-state index contributed by atoms with van der Waals surface area (Å²) in [6.45, 7) is 0.819. The average molecular weight is 435 g/mol. The number of thiazole rings is 1. The Morgan fingerprint density at radius 3 is 2.48 bits per heavy atom. The predicted octanol–water partition coefficient (Wildman–Crippen LogP) is 3.40. The van der Waals surface area contributed by atoms with Crippen molar-refractivity contribution in [2.75, 3.05) is 31.1 Å². The summed E-state index contributed by atoms with van der Waals surface area (Å²) in [5.41, 5.74) is 0.849. The smallest absolute Gasteiger partial charge is 0.345 e. The van der Waals surface area contributed by atoms with Gasteiger partial charge < -0.3 is 4.90 Å². The standard InChI is InChI=1S/C14H12F3N5O2S3/c15-14(16,17)11-8-18-13(25-11)21-4-6-22(7-5-21)27(23,24)10-3-1-2-9-12(10)20-26-19-9/h1-3,8H,4-7H2. The first-order chi connectivity index (χ1) is 12.8. The van der Waals surface area contributed by atoms with Crippen molar-refractivity contribution in [3.63, 3.8) is 0 Å². The molecule has 0 aliphatic carbocycles. The van der Waals surface area contributed by atoms with Crippen LogP contribution in [0.15, 0.2) is 38.0 Å². The molecule has 7 nitrogen and oxygen atoms in total. The molecular formula is C14H12F3N5O2S3. The number of benzene rings is 1. The third kappa shape index (κ3) is 3.39. The van der Waals surface area contributed by atoms with E-state index in [9.17, 15) is 21.6 Å². The van der Waals surface area contributed by atoms with Gasteiger partial charge in [0.05, 0.1) is 17.6 Å². The van der Waals surface area contributed by atoms with Crippen LogP contribution in [0.3, 0.4) is 0 Å². The first-order valence-electron chi connectivity index (χ1n) is 7.76. The highest BCUT2D eigenvalue weighted by Gasteiger charge is 2.36. The number of hydrogen-bond acceptors (Lipinski definition) is 7. The van der Waals surface area contributed by atoms with Gasteiger partial charge >= 0.3 is 6.18 Å². The first kappa shape index (κ1) is 18.5. The molecule has 1 aromatic heterocycles. The fourth-order valence-corrected chi connectivity index (χ4v) is 5.80. The van der Waals surface area contributed by atoms with Gasteiger partial charge in [-0.25, -0.2) is 13.4 Å². The zero-order valence-electron chi connectivity index (χ0n) is 13.5. The maximum Gasteiger partial charge on any atom is 0.427 e. The Labute approximate surface area is 160 Å². The SMILES string of the molecule is O=S(=O)(c1cccc2c1N=S=N2)N1CCN(c2ncc(C(F)(F)F)s2)CC1. The van der Waals surface area contributed by atoms with Gasteiger partial charge in [-0.05, 0) is 12.1 Å². The van der Waals surface area contributed by atoms with Gasteiger partial charge in [0.15, 0.2) is 5.13 Å². The lowest BCUT2D eigenvalue weighted by Crippen LogP contribution is -2.48. The summed E-state index contributed by atoms with van der Waals surface area (Å²) in [6.07, 6.45) is -3.62. The summed E-state index contributed by atoms with van der Waals surface area (Å²) in [5.74, 6) is 0. The van der Waals surface area contributed by atoms with E-state index in [1.165, 1.54) is 10.4 Å². The fourth-order valence-electron chi connectivity index (χ4n) is 2.79. The zero-order chi connectivity index (χ0) is 19.2. The summed E-state index contributed by atoms with van der Waals surface area (Å²) < 4.78 is 73.5. The summed E-state index contributed by atoms with van der Waals surface area (Å²) in [7, 11) is -3.77. The van der Waals surface area contributed by atoms with E-state index >= 15 is 0 Å². The van der Waals surface area contributed by atoms with Crippen molar-refractivity contribution in [2.24, 2.45) is 8.73 Å². The molecule has 1 fully saturated rings. The third-order valence-corrected chi connectivity index (χ3v) is 7.72. The zero-order valence-corrected chi connectivity index (χ0v) is 16.0. The number of alkyl halides is 3. The molecule has 1 saturated heterocycles. The molecule has 3 heterocycles. The van der Waals surface area contributed by atoms with E-state index < -0.39 is 21.1 Å². The van der Waals surface area contributed by atoms with Crippen molar-refractivity contribution < 1.29 is 21.6 Å². The summed E-state index contributed by atoms with van der Waals surface area (Å²) >= 11 is 1.50. The minimum absolute atomic E-state index is 0.0933. The molecule has 1 aromatic carbocycles. The van der Waals surface area contributed by atoms with Crippen LogP contribution in [0.5, 0.6) is 0 Å². The number of fused-ring (bicyclic) bond motifs is 1. The molecule has 2 aromatic rings. The van der Waals surface area contributed by atoms with Crippen molar-refractivity contribution in [3.8, 4) is 0 Å². The van der Waals surface area contributed by atoms with Crippen LogP contribution in [-0.4, -0.2) is 43.9 Å². The quantitative estimate of drug-likeness (QED) is 0.632. The van der Waals surface area contributed by atoms with Crippen LogP contribution >= 0.6 is 11.3 Å². The fraction of sp³-hybridized carbons (Fsp3) is 0.357. The van der Waals surface area contributed by atoms with Crippen molar-refractivity contribution in [1.29, 1.82) is 0 Å². The van der Waals surface area contributed by atoms with Crippen LogP contribution in [-0.2, 0) is 27.6 Å². The minimum Gasteiger partial charge on any atom is -0.345 e. The van der Waals surface area contributed by atoms with Crippen LogP contribution in [0.4, 0.5) is 29.7 Å². The van der Waals surface area contributed by atoms with Gasteiger partial charge in [-0.15, -0.1) is 0 Å². The molecule has 2 aliphatic rings. The molecule has 0 unspecified atom stereocenters. The van der Waals surface area contributed by atoms with Crippen LogP contribution in [0.1, 0.15) is 4.88 Å². The molecule has 13 heteroatoms.